The van der Waals surface area contributed by atoms with E-state index < -0.39 is 6.04 Å². The van der Waals surface area contributed by atoms with Gasteiger partial charge >= 0.3 is 0 Å². The molecule has 4 nitrogen and oxygen atoms in total. The molecule has 0 bridgehead atoms. The van der Waals surface area contributed by atoms with Gasteiger partial charge < -0.3 is 10.2 Å². The second-order valence-corrected chi connectivity index (χ2v) is 9.73. The number of thiophene rings is 1. The molecule has 0 saturated heterocycles. The lowest BCUT2D eigenvalue weighted by molar-refractivity contribution is -0.132. The normalized spacial score (nSPS) is 12.5. The number of likely N-dealkylation sites (N-methyl/N-ethyl adjacent to an activating group) is 1. The smallest absolute Gasteiger partial charge is 0.251 e. The van der Waals surface area contributed by atoms with Crippen LogP contribution >= 0.6 is 23.1 Å². The van der Waals surface area contributed by atoms with Crippen molar-refractivity contribution in [3.05, 3.63) is 57.8 Å². The molecule has 0 spiro atoms. The number of amides is 2. The van der Waals surface area contributed by atoms with Gasteiger partial charge in [-0.3, -0.25) is 9.59 Å². The van der Waals surface area contributed by atoms with E-state index in [1.807, 2.05) is 47.3 Å². The minimum Gasteiger partial charge on any atom is -0.340 e. The van der Waals surface area contributed by atoms with Crippen LogP contribution < -0.4 is 5.32 Å². The quantitative estimate of drug-likeness (QED) is 0.684. The number of hydrogen-bond donors (Lipinski definition) is 1. The molecule has 0 aliphatic carbocycles. The summed E-state index contributed by atoms with van der Waals surface area (Å²) in [6, 6.07) is 9.13. The van der Waals surface area contributed by atoms with Crippen molar-refractivity contribution in [2.24, 2.45) is 0 Å². The standard InChI is InChI=1S/C22H30N2O2S2/c1-22(2,3)18-8-6-17(7-9-18)20(25)23-19(11-12-27-5)21(26)24(4)14-16-10-13-28-15-16/h6-10,13,15,19H,11-12,14H2,1-5H3,(H,23,25)/t19-/m0/s1. The molecule has 6 heteroatoms. The highest BCUT2D eigenvalue weighted by Gasteiger charge is 2.24. The number of benzene rings is 1. The van der Waals surface area contributed by atoms with E-state index in [4.69, 9.17) is 0 Å². The van der Waals surface area contributed by atoms with Crippen LogP contribution in [0.2, 0.25) is 0 Å². The lowest BCUT2D eigenvalue weighted by Gasteiger charge is -2.24. The van der Waals surface area contributed by atoms with Gasteiger partial charge in [0.1, 0.15) is 6.04 Å². The van der Waals surface area contributed by atoms with E-state index in [0.29, 0.717) is 18.5 Å². The third-order valence-corrected chi connectivity index (χ3v) is 5.98. The highest BCUT2D eigenvalue weighted by molar-refractivity contribution is 7.98. The molecule has 28 heavy (non-hydrogen) atoms. The Labute approximate surface area is 176 Å². The van der Waals surface area contributed by atoms with Gasteiger partial charge in [-0.2, -0.15) is 23.1 Å². The first-order chi connectivity index (χ1) is 13.2. The molecule has 0 fully saturated rings. The molecular weight excluding hydrogens is 388 g/mol. The van der Waals surface area contributed by atoms with Crippen molar-refractivity contribution in [1.29, 1.82) is 0 Å². The summed E-state index contributed by atoms with van der Waals surface area (Å²) in [5, 5.41) is 6.99. The van der Waals surface area contributed by atoms with Crippen LogP contribution in [0.25, 0.3) is 0 Å². The van der Waals surface area contributed by atoms with E-state index in [1.54, 1.807) is 35.0 Å². The minimum atomic E-state index is -0.522. The average Bonchev–Trinajstić information content (AvgIpc) is 3.16. The lowest BCUT2D eigenvalue weighted by atomic mass is 9.86. The lowest BCUT2D eigenvalue weighted by Crippen LogP contribution is -2.47. The van der Waals surface area contributed by atoms with Gasteiger partial charge in [-0.15, -0.1) is 0 Å². The molecule has 152 valence electrons. The Morgan fingerprint density at radius 3 is 2.39 bits per heavy atom. The van der Waals surface area contributed by atoms with Crippen molar-refractivity contribution in [1.82, 2.24) is 10.2 Å². The van der Waals surface area contributed by atoms with Crippen LogP contribution in [0.15, 0.2) is 41.1 Å². The fourth-order valence-corrected chi connectivity index (χ4v) is 3.99. The van der Waals surface area contributed by atoms with Crippen molar-refractivity contribution < 1.29 is 9.59 Å². The third-order valence-electron chi connectivity index (χ3n) is 4.60. The van der Waals surface area contributed by atoms with Crippen molar-refractivity contribution in [2.45, 2.75) is 45.2 Å². The first-order valence-electron chi connectivity index (χ1n) is 9.38. The van der Waals surface area contributed by atoms with Crippen molar-refractivity contribution in [3.8, 4) is 0 Å². The van der Waals surface area contributed by atoms with Gasteiger partial charge in [-0.1, -0.05) is 32.9 Å². The number of carbonyl (C=O) groups excluding carboxylic acids is 2. The van der Waals surface area contributed by atoms with Crippen LogP contribution in [0.3, 0.4) is 0 Å². The van der Waals surface area contributed by atoms with Gasteiger partial charge in [0.2, 0.25) is 5.91 Å². The fourth-order valence-electron chi connectivity index (χ4n) is 2.86. The molecule has 0 aliphatic heterocycles. The summed E-state index contributed by atoms with van der Waals surface area (Å²) in [5.41, 5.74) is 2.90. The van der Waals surface area contributed by atoms with E-state index >= 15 is 0 Å². The van der Waals surface area contributed by atoms with Gasteiger partial charge in [-0.05, 0) is 63.9 Å². The molecule has 1 aromatic heterocycles. The van der Waals surface area contributed by atoms with Gasteiger partial charge in [-0.25, -0.2) is 0 Å². The van der Waals surface area contributed by atoms with Gasteiger partial charge in [0.15, 0.2) is 0 Å². The highest BCUT2D eigenvalue weighted by Crippen LogP contribution is 2.22. The Morgan fingerprint density at radius 1 is 1.18 bits per heavy atom. The van der Waals surface area contributed by atoms with Gasteiger partial charge in [0, 0.05) is 19.2 Å². The average molecular weight is 419 g/mol. The molecule has 1 N–H and O–H groups in total. The fraction of sp³-hybridized carbons (Fsp3) is 0.455. The van der Waals surface area contributed by atoms with Crippen molar-refractivity contribution in [2.75, 3.05) is 19.1 Å². The van der Waals surface area contributed by atoms with Crippen LogP contribution in [0.4, 0.5) is 0 Å². The van der Waals surface area contributed by atoms with Gasteiger partial charge in [0.05, 0.1) is 0 Å². The Hall–Kier alpha value is -1.79. The number of carbonyl (C=O) groups is 2. The van der Waals surface area contributed by atoms with E-state index in [-0.39, 0.29) is 17.2 Å². The predicted molar refractivity (Wildman–Crippen MR) is 120 cm³/mol. The summed E-state index contributed by atoms with van der Waals surface area (Å²) in [6.07, 6.45) is 2.61. The van der Waals surface area contributed by atoms with Crippen LogP contribution in [0, 0.1) is 0 Å². The minimum absolute atomic E-state index is 0.0379. The molecule has 0 radical (unpaired) electrons. The van der Waals surface area contributed by atoms with Crippen molar-refractivity contribution >= 4 is 34.9 Å². The summed E-state index contributed by atoms with van der Waals surface area (Å²) in [4.78, 5) is 27.4. The zero-order valence-electron chi connectivity index (χ0n) is 17.3. The first-order valence-corrected chi connectivity index (χ1v) is 11.7. The molecule has 2 amide bonds. The predicted octanol–water partition coefficient (Wildman–Crippen LogP) is 4.56. The summed E-state index contributed by atoms with van der Waals surface area (Å²) in [7, 11) is 1.79. The molecule has 0 saturated carbocycles. The number of nitrogens with one attached hydrogen (secondary N) is 1. The van der Waals surface area contributed by atoms with E-state index in [0.717, 1.165) is 11.3 Å². The zero-order valence-corrected chi connectivity index (χ0v) is 19.0. The SMILES string of the molecule is CSCC[C@H](NC(=O)c1ccc(C(C)(C)C)cc1)C(=O)N(C)Cc1ccsc1. The molecule has 2 aromatic rings. The second kappa shape index (κ2) is 10.1. The number of nitrogens with zero attached hydrogens (tertiary/aromatic N) is 1. The molecular formula is C22H30N2O2S2. The van der Waals surface area contributed by atoms with Crippen LogP contribution in [0.1, 0.15) is 48.7 Å². The van der Waals surface area contributed by atoms with Crippen LogP contribution in [0.5, 0.6) is 0 Å². The number of rotatable bonds is 8. The van der Waals surface area contributed by atoms with Gasteiger partial charge in [0.25, 0.3) is 5.91 Å². The van der Waals surface area contributed by atoms with E-state index in [9.17, 15) is 9.59 Å². The maximum Gasteiger partial charge on any atom is 0.251 e. The Kier molecular flexibility index (Phi) is 8.13. The molecule has 1 atom stereocenters. The Bertz CT molecular complexity index is 765. The van der Waals surface area contributed by atoms with Crippen LogP contribution in [-0.2, 0) is 16.8 Å². The molecule has 2 rings (SSSR count). The van der Waals surface area contributed by atoms with Crippen molar-refractivity contribution in [3.63, 3.8) is 0 Å². The summed E-state index contributed by atoms with van der Waals surface area (Å²) in [6.45, 7) is 6.97. The van der Waals surface area contributed by atoms with Crippen LogP contribution in [-0.4, -0.2) is 41.8 Å². The van der Waals surface area contributed by atoms with E-state index in [1.165, 1.54) is 5.56 Å². The monoisotopic (exact) mass is 418 g/mol. The highest BCUT2D eigenvalue weighted by atomic mass is 32.2. The maximum absolute atomic E-state index is 12.9. The molecule has 0 unspecified atom stereocenters. The number of thioether (sulfide) groups is 1. The summed E-state index contributed by atoms with van der Waals surface area (Å²) < 4.78 is 0. The maximum atomic E-state index is 12.9. The third kappa shape index (κ3) is 6.38. The molecule has 1 heterocycles. The molecule has 1 aromatic carbocycles. The summed E-state index contributed by atoms with van der Waals surface area (Å²) in [5.74, 6) is 0.551. The molecule has 0 aliphatic rings. The Balaban J connectivity index is 2.07. The zero-order chi connectivity index (χ0) is 20.7. The topological polar surface area (TPSA) is 49.4 Å². The van der Waals surface area contributed by atoms with E-state index in [2.05, 4.69) is 26.1 Å². The summed E-state index contributed by atoms with van der Waals surface area (Å²) >= 11 is 3.29. The Morgan fingerprint density at radius 2 is 1.86 bits per heavy atom. The first kappa shape index (κ1) is 22.5. The largest absolute Gasteiger partial charge is 0.340 e. The number of hydrogen-bond acceptors (Lipinski definition) is 4. The second-order valence-electron chi connectivity index (χ2n) is 7.96.